The fourth-order valence-corrected chi connectivity index (χ4v) is 2.42. The SMILES string of the molecule is CC(C)OC1/C=C/C(OC(N)=O)CC2OCOC2C1. The normalized spacial score (nSPS) is 36.4. The van der Waals surface area contributed by atoms with Gasteiger partial charge >= 0.3 is 6.09 Å². The molecule has 19 heavy (non-hydrogen) atoms. The maximum atomic E-state index is 10.9. The minimum Gasteiger partial charge on any atom is -0.442 e. The van der Waals surface area contributed by atoms with Crippen LogP contribution in [0.2, 0.25) is 0 Å². The molecular formula is C13H21NO5. The van der Waals surface area contributed by atoms with E-state index >= 15 is 0 Å². The summed E-state index contributed by atoms with van der Waals surface area (Å²) >= 11 is 0. The number of carbonyl (C=O) groups is 1. The molecule has 0 spiro atoms. The average molecular weight is 271 g/mol. The number of rotatable bonds is 3. The van der Waals surface area contributed by atoms with E-state index in [0.29, 0.717) is 6.42 Å². The fourth-order valence-electron chi connectivity index (χ4n) is 2.42. The lowest BCUT2D eigenvalue weighted by molar-refractivity contribution is -0.0103. The molecule has 0 radical (unpaired) electrons. The molecule has 0 bridgehead atoms. The topological polar surface area (TPSA) is 80.0 Å². The van der Waals surface area contributed by atoms with Gasteiger partial charge in [-0.05, 0) is 19.9 Å². The Labute approximate surface area is 112 Å². The van der Waals surface area contributed by atoms with Gasteiger partial charge in [0.2, 0.25) is 0 Å². The Balaban J connectivity index is 2.07. The molecule has 1 aliphatic carbocycles. The van der Waals surface area contributed by atoms with Crippen molar-refractivity contribution in [3.63, 3.8) is 0 Å². The van der Waals surface area contributed by atoms with E-state index in [2.05, 4.69) is 0 Å². The highest BCUT2D eigenvalue weighted by molar-refractivity contribution is 5.65. The minimum atomic E-state index is -0.785. The molecule has 1 fully saturated rings. The molecule has 1 saturated heterocycles. The first kappa shape index (κ1) is 14.3. The summed E-state index contributed by atoms with van der Waals surface area (Å²) in [6.07, 6.45) is 3.75. The number of fused-ring (bicyclic) bond motifs is 1. The molecule has 2 aliphatic rings. The summed E-state index contributed by atoms with van der Waals surface area (Å²) in [4.78, 5) is 10.9. The molecule has 0 aromatic rings. The van der Waals surface area contributed by atoms with Crippen molar-refractivity contribution in [3.05, 3.63) is 12.2 Å². The van der Waals surface area contributed by atoms with Gasteiger partial charge in [-0.1, -0.05) is 6.08 Å². The van der Waals surface area contributed by atoms with Gasteiger partial charge in [0.25, 0.3) is 0 Å². The molecule has 4 unspecified atom stereocenters. The molecule has 1 amide bonds. The third-order valence-corrected chi connectivity index (χ3v) is 3.16. The van der Waals surface area contributed by atoms with Crippen LogP contribution in [0.15, 0.2) is 12.2 Å². The first-order valence-electron chi connectivity index (χ1n) is 6.57. The van der Waals surface area contributed by atoms with Crippen LogP contribution in [0.4, 0.5) is 4.79 Å². The Morgan fingerprint density at radius 2 is 1.79 bits per heavy atom. The third kappa shape index (κ3) is 4.19. The molecule has 0 saturated carbocycles. The van der Waals surface area contributed by atoms with Crippen LogP contribution in [0.3, 0.4) is 0 Å². The van der Waals surface area contributed by atoms with Gasteiger partial charge in [-0.15, -0.1) is 0 Å². The van der Waals surface area contributed by atoms with Crippen LogP contribution in [0.5, 0.6) is 0 Å². The predicted molar refractivity (Wildman–Crippen MR) is 67.5 cm³/mol. The van der Waals surface area contributed by atoms with Crippen LogP contribution < -0.4 is 5.73 Å². The summed E-state index contributed by atoms with van der Waals surface area (Å²) in [5.41, 5.74) is 5.07. The second-order valence-electron chi connectivity index (χ2n) is 5.08. The summed E-state index contributed by atoms with van der Waals surface area (Å²) in [6.45, 7) is 4.23. The highest BCUT2D eigenvalue weighted by Gasteiger charge is 2.35. The summed E-state index contributed by atoms with van der Waals surface area (Å²) in [5, 5.41) is 0. The lowest BCUT2D eigenvalue weighted by Gasteiger charge is -2.27. The molecule has 1 aliphatic heterocycles. The molecular weight excluding hydrogens is 250 g/mol. The zero-order valence-corrected chi connectivity index (χ0v) is 11.3. The Morgan fingerprint density at radius 1 is 1.21 bits per heavy atom. The van der Waals surface area contributed by atoms with Crippen molar-refractivity contribution in [2.24, 2.45) is 5.73 Å². The maximum Gasteiger partial charge on any atom is 0.405 e. The first-order chi connectivity index (χ1) is 9.04. The number of hydrogen-bond acceptors (Lipinski definition) is 5. The third-order valence-electron chi connectivity index (χ3n) is 3.16. The standard InChI is InChI=1S/C13H21NO5/c1-8(2)18-9-3-4-10(19-13(14)15)6-12-11(5-9)16-7-17-12/h3-4,8-12H,5-7H2,1-2H3,(H2,14,15)/b4-3+. The molecule has 4 atom stereocenters. The van der Waals surface area contributed by atoms with Gasteiger partial charge in [0.1, 0.15) is 12.9 Å². The smallest absolute Gasteiger partial charge is 0.405 e. The van der Waals surface area contributed by atoms with Crippen molar-refractivity contribution in [1.82, 2.24) is 0 Å². The van der Waals surface area contributed by atoms with E-state index < -0.39 is 12.2 Å². The highest BCUT2D eigenvalue weighted by atomic mass is 16.7. The molecule has 0 aromatic heterocycles. The molecule has 2 N–H and O–H groups in total. The van der Waals surface area contributed by atoms with E-state index in [1.54, 1.807) is 0 Å². The zero-order valence-electron chi connectivity index (χ0n) is 11.3. The minimum absolute atomic E-state index is 0.0346. The predicted octanol–water partition coefficient (Wildman–Crippen LogP) is 1.34. The van der Waals surface area contributed by atoms with Gasteiger partial charge < -0.3 is 24.7 Å². The quantitative estimate of drug-likeness (QED) is 0.783. The number of ether oxygens (including phenoxy) is 4. The summed E-state index contributed by atoms with van der Waals surface area (Å²) in [7, 11) is 0. The van der Waals surface area contributed by atoms with E-state index in [9.17, 15) is 4.79 Å². The van der Waals surface area contributed by atoms with Crippen molar-refractivity contribution in [2.45, 2.75) is 57.2 Å². The second kappa shape index (κ2) is 6.36. The maximum absolute atomic E-state index is 10.9. The molecule has 2 rings (SSSR count). The van der Waals surface area contributed by atoms with Gasteiger partial charge in [0.15, 0.2) is 0 Å². The van der Waals surface area contributed by atoms with Crippen LogP contribution in [-0.4, -0.2) is 43.4 Å². The second-order valence-corrected chi connectivity index (χ2v) is 5.08. The zero-order chi connectivity index (χ0) is 13.8. The van der Waals surface area contributed by atoms with E-state index in [4.69, 9.17) is 24.7 Å². The lowest BCUT2D eigenvalue weighted by Crippen LogP contribution is -2.35. The highest BCUT2D eigenvalue weighted by Crippen LogP contribution is 2.27. The van der Waals surface area contributed by atoms with Crippen LogP contribution >= 0.6 is 0 Å². The van der Waals surface area contributed by atoms with Crippen molar-refractivity contribution >= 4 is 6.09 Å². The molecule has 0 aromatic carbocycles. The van der Waals surface area contributed by atoms with Gasteiger partial charge in [-0.2, -0.15) is 0 Å². The average Bonchev–Trinajstić information content (AvgIpc) is 2.68. The van der Waals surface area contributed by atoms with E-state index in [1.165, 1.54) is 0 Å². The van der Waals surface area contributed by atoms with Crippen molar-refractivity contribution in [1.29, 1.82) is 0 Å². The summed E-state index contributed by atoms with van der Waals surface area (Å²) in [5.74, 6) is 0. The van der Waals surface area contributed by atoms with E-state index in [-0.39, 0.29) is 31.2 Å². The number of carbonyl (C=O) groups excluding carboxylic acids is 1. The fraction of sp³-hybridized carbons (Fsp3) is 0.769. The molecule has 108 valence electrons. The summed E-state index contributed by atoms with van der Waals surface area (Å²) in [6, 6.07) is 0. The van der Waals surface area contributed by atoms with Crippen LogP contribution in [-0.2, 0) is 18.9 Å². The largest absolute Gasteiger partial charge is 0.442 e. The van der Waals surface area contributed by atoms with E-state index in [1.807, 2.05) is 26.0 Å². The molecule has 1 heterocycles. The Kier molecular flexibility index (Phi) is 4.79. The summed E-state index contributed by atoms with van der Waals surface area (Å²) < 4.78 is 21.9. The lowest BCUT2D eigenvalue weighted by atomic mass is 9.97. The van der Waals surface area contributed by atoms with Crippen molar-refractivity contribution in [3.8, 4) is 0 Å². The van der Waals surface area contributed by atoms with Gasteiger partial charge in [0, 0.05) is 12.8 Å². The Bertz CT molecular complexity index is 344. The monoisotopic (exact) mass is 271 g/mol. The van der Waals surface area contributed by atoms with Crippen molar-refractivity contribution in [2.75, 3.05) is 6.79 Å². The first-order valence-corrected chi connectivity index (χ1v) is 6.57. The Hall–Kier alpha value is -1.11. The Morgan fingerprint density at radius 3 is 2.37 bits per heavy atom. The number of primary amides is 1. The number of amides is 1. The van der Waals surface area contributed by atoms with Gasteiger partial charge in [-0.25, -0.2) is 4.79 Å². The van der Waals surface area contributed by atoms with Crippen LogP contribution in [0.1, 0.15) is 26.7 Å². The van der Waals surface area contributed by atoms with Crippen molar-refractivity contribution < 1.29 is 23.7 Å². The van der Waals surface area contributed by atoms with Gasteiger partial charge in [0.05, 0.1) is 24.4 Å². The number of hydrogen-bond donors (Lipinski definition) is 1. The van der Waals surface area contributed by atoms with Crippen LogP contribution in [0, 0.1) is 0 Å². The molecule has 6 nitrogen and oxygen atoms in total. The molecule has 6 heteroatoms. The van der Waals surface area contributed by atoms with E-state index in [0.717, 1.165) is 6.42 Å². The van der Waals surface area contributed by atoms with Crippen LogP contribution in [0.25, 0.3) is 0 Å². The number of nitrogens with two attached hydrogens (primary N) is 1. The van der Waals surface area contributed by atoms with Gasteiger partial charge in [-0.3, -0.25) is 0 Å².